The van der Waals surface area contributed by atoms with Crippen LogP contribution in [0, 0.1) is 0 Å². The largest absolute Gasteiger partial charge is 0.349 e. The van der Waals surface area contributed by atoms with E-state index < -0.39 is 10.0 Å². The van der Waals surface area contributed by atoms with E-state index >= 15 is 0 Å². The van der Waals surface area contributed by atoms with Gasteiger partial charge in [-0.25, -0.2) is 13.1 Å². The van der Waals surface area contributed by atoms with Crippen LogP contribution in [0.25, 0.3) is 0 Å². The molecule has 5 nitrogen and oxygen atoms in total. The molecule has 1 aromatic heterocycles. The number of nitrogens with one attached hydrogen (secondary N) is 2. The van der Waals surface area contributed by atoms with Gasteiger partial charge >= 0.3 is 0 Å². The first-order chi connectivity index (χ1) is 9.96. The van der Waals surface area contributed by atoms with Crippen molar-refractivity contribution in [2.24, 2.45) is 0 Å². The van der Waals surface area contributed by atoms with Crippen LogP contribution in [0.15, 0.2) is 17.2 Å². The molecule has 0 atom stereocenters. The van der Waals surface area contributed by atoms with E-state index in [1.54, 1.807) is 12.3 Å². The van der Waals surface area contributed by atoms with Gasteiger partial charge in [-0.1, -0.05) is 13.8 Å². The molecule has 0 bridgehead atoms. The maximum Gasteiger partial charge on any atom is 0.242 e. The van der Waals surface area contributed by atoms with Crippen molar-refractivity contribution < 1.29 is 8.42 Å². The first-order valence-corrected chi connectivity index (χ1v) is 9.38. The molecule has 1 aromatic rings. The molecule has 1 saturated carbocycles. The summed E-state index contributed by atoms with van der Waals surface area (Å²) in [7, 11) is -3.43. The van der Waals surface area contributed by atoms with Crippen LogP contribution in [0.2, 0.25) is 0 Å². The number of hydrogen-bond acceptors (Lipinski definition) is 3. The van der Waals surface area contributed by atoms with Crippen LogP contribution >= 0.6 is 0 Å². The van der Waals surface area contributed by atoms with Crippen molar-refractivity contribution in [2.75, 3.05) is 6.54 Å². The molecule has 0 unspecified atom stereocenters. The Hall–Kier alpha value is -0.850. The molecule has 0 aliphatic heterocycles. The monoisotopic (exact) mass is 313 g/mol. The summed E-state index contributed by atoms with van der Waals surface area (Å²) < 4.78 is 30.1. The van der Waals surface area contributed by atoms with E-state index in [2.05, 4.69) is 17.0 Å². The van der Waals surface area contributed by atoms with Crippen molar-refractivity contribution in [3.05, 3.63) is 18.0 Å². The zero-order valence-corrected chi connectivity index (χ0v) is 14.1. The molecule has 0 spiro atoms. The summed E-state index contributed by atoms with van der Waals surface area (Å²) in [6.45, 7) is 8.45. The molecule has 0 radical (unpaired) electrons. The van der Waals surface area contributed by atoms with Crippen LogP contribution in [0.1, 0.15) is 52.1 Å². The second kappa shape index (κ2) is 6.50. The van der Waals surface area contributed by atoms with Crippen LogP contribution in [-0.2, 0) is 23.1 Å². The zero-order chi connectivity index (χ0) is 15.5. The molecule has 120 valence electrons. The predicted octanol–water partition coefficient (Wildman–Crippen LogP) is 2.23. The Kier molecular flexibility index (Phi) is 5.11. The fourth-order valence-corrected chi connectivity index (χ4v) is 4.44. The summed E-state index contributed by atoms with van der Waals surface area (Å²) in [5.74, 6) is 0. The van der Waals surface area contributed by atoms with Crippen molar-refractivity contribution in [2.45, 2.75) is 70.0 Å². The Bertz CT molecular complexity index is 568. The minimum absolute atomic E-state index is 0.213. The SMILES string of the molecule is CCNCc1cc(S(=O)(=O)NC2(CC)CCC2)cn1CC. The van der Waals surface area contributed by atoms with Crippen molar-refractivity contribution in [3.8, 4) is 0 Å². The van der Waals surface area contributed by atoms with E-state index in [-0.39, 0.29) is 5.54 Å². The van der Waals surface area contributed by atoms with E-state index in [9.17, 15) is 8.42 Å². The van der Waals surface area contributed by atoms with Gasteiger partial charge in [-0.05, 0) is 45.2 Å². The molecular formula is C15H27N3O2S. The lowest BCUT2D eigenvalue weighted by Crippen LogP contribution is -2.52. The Morgan fingerprint density at radius 1 is 1.29 bits per heavy atom. The van der Waals surface area contributed by atoms with Crippen LogP contribution in [-0.4, -0.2) is 25.1 Å². The maximum absolute atomic E-state index is 12.6. The van der Waals surface area contributed by atoms with Crippen molar-refractivity contribution in [1.29, 1.82) is 0 Å². The Labute approximate surface area is 128 Å². The Morgan fingerprint density at radius 3 is 2.48 bits per heavy atom. The first-order valence-electron chi connectivity index (χ1n) is 7.90. The normalized spacial score (nSPS) is 17.7. The summed E-state index contributed by atoms with van der Waals surface area (Å²) in [4.78, 5) is 0.386. The molecule has 0 amide bonds. The number of aromatic nitrogens is 1. The van der Waals surface area contributed by atoms with Crippen molar-refractivity contribution in [3.63, 3.8) is 0 Å². The van der Waals surface area contributed by atoms with Gasteiger partial charge in [-0.2, -0.15) is 0 Å². The molecule has 1 aliphatic carbocycles. The van der Waals surface area contributed by atoms with Gasteiger partial charge in [0.25, 0.3) is 0 Å². The van der Waals surface area contributed by atoms with Crippen LogP contribution in [0.5, 0.6) is 0 Å². The highest BCUT2D eigenvalue weighted by Crippen LogP contribution is 2.36. The minimum Gasteiger partial charge on any atom is -0.349 e. The van der Waals surface area contributed by atoms with E-state index in [0.29, 0.717) is 11.4 Å². The molecule has 1 fully saturated rings. The summed E-state index contributed by atoms with van der Waals surface area (Å²) in [6.07, 6.45) is 5.60. The van der Waals surface area contributed by atoms with E-state index in [0.717, 1.165) is 44.5 Å². The highest BCUT2D eigenvalue weighted by Gasteiger charge is 2.39. The fraction of sp³-hybridized carbons (Fsp3) is 0.733. The van der Waals surface area contributed by atoms with Crippen molar-refractivity contribution >= 4 is 10.0 Å². The average Bonchev–Trinajstić information content (AvgIpc) is 2.84. The lowest BCUT2D eigenvalue weighted by Gasteiger charge is -2.41. The predicted molar refractivity (Wildman–Crippen MR) is 84.7 cm³/mol. The lowest BCUT2D eigenvalue weighted by molar-refractivity contribution is 0.214. The van der Waals surface area contributed by atoms with Gasteiger partial charge in [0.05, 0.1) is 4.90 Å². The molecule has 6 heteroatoms. The fourth-order valence-electron chi connectivity index (χ4n) is 2.84. The average molecular weight is 313 g/mol. The van der Waals surface area contributed by atoms with E-state index in [1.165, 1.54) is 0 Å². The number of aryl methyl sites for hydroxylation is 1. The third-order valence-corrected chi connectivity index (χ3v) is 6.05. The molecule has 1 heterocycles. The number of sulfonamides is 1. The zero-order valence-electron chi connectivity index (χ0n) is 13.3. The van der Waals surface area contributed by atoms with Crippen LogP contribution in [0.3, 0.4) is 0 Å². The summed E-state index contributed by atoms with van der Waals surface area (Å²) in [5.41, 5.74) is 0.800. The molecule has 2 rings (SSSR count). The van der Waals surface area contributed by atoms with Crippen LogP contribution in [0.4, 0.5) is 0 Å². The summed E-state index contributed by atoms with van der Waals surface area (Å²) in [6, 6.07) is 1.79. The van der Waals surface area contributed by atoms with Gasteiger partial charge in [0.1, 0.15) is 0 Å². The molecule has 21 heavy (non-hydrogen) atoms. The third-order valence-electron chi connectivity index (χ3n) is 4.51. The highest BCUT2D eigenvalue weighted by atomic mass is 32.2. The van der Waals surface area contributed by atoms with Gasteiger partial charge in [0.15, 0.2) is 0 Å². The maximum atomic E-state index is 12.6. The third kappa shape index (κ3) is 3.49. The van der Waals surface area contributed by atoms with Crippen molar-refractivity contribution in [1.82, 2.24) is 14.6 Å². The summed E-state index contributed by atoms with van der Waals surface area (Å²) in [5, 5.41) is 3.25. The molecular weight excluding hydrogens is 286 g/mol. The standard InChI is InChI=1S/C15H27N3O2S/c1-4-15(8-7-9-15)17-21(19,20)14-10-13(11-16-5-2)18(6-3)12-14/h10,12,16-17H,4-9,11H2,1-3H3. The number of nitrogens with zero attached hydrogens (tertiary/aromatic N) is 1. The van der Waals surface area contributed by atoms with Gasteiger partial charge in [-0.15, -0.1) is 0 Å². The second-order valence-corrected chi connectivity index (χ2v) is 7.51. The topological polar surface area (TPSA) is 63.1 Å². The lowest BCUT2D eigenvalue weighted by atomic mass is 9.76. The molecule has 0 aromatic carbocycles. The molecule has 2 N–H and O–H groups in total. The summed E-state index contributed by atoms with van der Waals surface area (Å²) >= 11 is 0. The molecule has 0 saturated heterocycles. The molecule has 1 aliphatic rings. The quantitative estimate of drug-likeness (QED) is 0.773. The first kappa shape index (κ1) is 16.5. The Morgan fingerprint density at radius 2 is 2.00 bits per heavy atom. The van der Waals surface area contributed by atoms with Crippen LogP contribution < -0.4 is 10.0 Å². The number of hydrogen-bond donors (Lipinski definition) is 2. The second-order valence-electron chi connectivity index (χ2n) is 5.83. The van der Waals surface area contributed by atoms with Gasteiger partial charge < -0.3 is 9.88 Å². The smallest absolute Gasteiger partial charge is 0.242 e. The highest BCUT2D eigenvalue weighted by molar-refractivity contribution is 7.89. The van der Waals surface area contributed by atoms with Gasteiger partial charge in [0.2, 0.25) is 10.0 Å². The van der Waals surface area contributed by atoms with Gasteiger partial charge in [-0.3, -0.25) is 0 Å². The minimum atomic E-state index is -3.43. The Balaban J connectivity index is 2.21. The van der Waals surface area contributed by atoms with E-state index in [4.69, 9.17) is 0 Å². The van der Waals surface area contributed by atoms with Gasteiger partial charge in [0, 0.05) is 30.5 Å². The van der Waals surface area contributed by atoms with E-state index in [1.807, 2.05) is 18.4 Å². The number of rotatable bonds is 8.